The number of benzene rings is 2. The molecule has 0 saturated carbocycles. The van der Waals surface area contributed by atoms with Gasteiger partial charge in [-0.15, -0.1) is 0 Å². The summed E-state index contributed by atoms with van der Waals surface area (Å²) in [5, 5.41) is 14.3. The SMILES string of the molecule is COc1cc(CN2CCC(O)CC2)ccc1-c1nc2c(C)nn(-c3ccccc3)c2c(=O)[nH]1. The number of likely N-dealkylation sites (tertiary alicyclic amines) is 1. The molecule has 0 spiro atoms. The molecule has 1 saturated heterocycles. The third kappa shape index (κ3) is 4.15. The van der Waals surface area contributed by atoms with Gasteiger partial charge in [0.25, 0.3) is 5.56 Å². The summed E-state index contributed by atoms with van der Waals surface area (Å²) >= 11 is 0. The van der Waals surface area contributed by atoms with Crippen LogP contribution < -0.4 is 10.3 Å². The van der Waals surface area contributed by atoms with E-state index >= 15 is 0 Å². The Kier molecular flexibility index (Phi) is 5.70. The highest BCUT2D eigenvalue weighted by atomic mass is 16.5. The number of aliphatic hydroxyl groups excluding tert-OH is 1. The van der Waals surface area contributed by atoms with Crippen molar-refractivity contribution >= 4 is 11.0 Å². The largest absolute Gasteiger partial charge is 0.496 e. The minimum atomic E-state index is -0.252. The van der Waals surface area contributed by atoms with Crippen molar-refractivity contribution in [3.05, 3.63) is 70.1 Å². The fourth-order valence-corrected chi connectivity index (χ4v) is 4.41. The Labute approximate surface area is 191 Å². The highest BCUT2D eigenvalue weighted by Gasteiger charge is 2.20. The normalized spacial score (nSPS) is 15.2. The minimum Gasteiger partial charge on any atom is -0.496 e. The average Bonchev–Trinajstić information content (AvgIpc) is 3.18. The van der Waals surface area contributed by atoms with Crippen molar-refractivity contribution in [3.63, 3.8) is 0 Å². The van der Waals surface area contributed by atoms with Crippen LogP contribution in [0.4, 0.5) is 0 Å². The van der Waals surface area contributed by atoms with Gasteiger partial charge in [0.2, 0.25) is 0 Å². The summed E-state index contributed by atoms with van der Waals surface area (Å²) in [5.41, 5.74) is 4.06. The molecule has 4 aromatic rings. The number of methoxy groups -OCH3 is 1. The van der Waals surface area contributed by atoms with E-state index in [0.29, 0.717) is 28.3 Å². The predicted octanol–water partition coefficient (Wildman–Crippen LogP) is 3.05. The zero-order valence-electron chi connectivity index (χ0n) is 18.8. The molecule has 2 N–H and O–H groups in total. The smallest absolute Gasteiger partial charge is 0.277 e. The molecule has 0 amide bonds. The van der Waals surface area contributed by atoms with E-state index in [2.05, 4.69) is 15.0 Å². The topological polar surface area (TPSA) is 96.3 Å². The Morgan fingerprint density at radius 1 is 1.15 bits per heavy atom. The lowest BCUT2D eigenvalue weighted by Gasteiger charge is -2.29. The van der Waals surface area contributed by atoms with Gasteiger partial charge < -0.3 is 14.8 Å². The average molecular weight is 446 g/mol. The fourth-order valence-electron chi connectivity index (χ4n) is 4.41. The molecule has 0 aliphatic carbocycles. The van der Waals surface area contributed by atoms with E-state index in [1.54, 1.807) is 11.8 Å². The highest BCUT2D eigenvalue weighted by molar-refractivity contribution is 5.81. The summed E-state index contributed by atoms with van der Waals surface area (Å²) in [4.78, 5) is 23.1. The Balaban J connectivity index is 1.51. The van der Waals surface area contributed by atoms with E-state index in [1.165, 1.54) is 0 Å². The number of hydrogen-bond donors (Lipinski definition) is 2. The maximum absolute atomic E-state index is 13.1. The Morgan fingerprint density at radius 3 is 2.64 bits per heavy atom. The summed E-state index contributed by atoms with van der Waals surface area (Å²) < 4.78 is 7.30. The lowest BCUT2D eigenvalue weighted by Crippen LogP contribution is -2.35. The molecule has 1 aliphatic heterocycles. The maximum Gasteiger partial charge on any atom is 0.277 e. The molecule has 170 valence electrons. The zero-order chi connectivity index (χ0) is 22.9. The Hall–Kier alpha value is -3.49. The van der Waals surface area contributed by atoms with Gasteiger partial charge in [0.15, 0.2) is 5.52 Å². The van der Waals surface area contributed by atoms with Crippen molar-refractivity contribution in [3.8, 4) is 22.8 Å². The number of aromatic nitrogens is 4. The summed E-state index contributed by atoms with van der Waals surface area (Å²) in [6, 6.07) is 15.5. The van der Waals surface area contributed by atoms with Crippen molar-refractivity contribution < 1.29 is 9.84 Å². The van der Waals surface area contributed by atoms with Crippen LogP contribution in [0.2, 0.25) is 0 Å². The number of aliphatic hydroxyl groups is 1. The molecule has 2 aromatic heterocycles. The number of fused-ring (bicyclic) bond motifs is 1. The van der Waals surface area contributed by atoms with Gasteiger partial charge in [-0.1, -0.05) is 24.3 Å². The van der Waals surface area contributed by atoms with Crippen molar-refractivity contribution in [2.45, 2.75) is 32.4 Å². The summed E-state index contributed by atoms with van der Waals surface area (Å²) in [6.45, 7) is 4.39. The molecule has 0 bridgehead atoms. The molecule has 33 heavy (non-hydrogen) atoms. The number of ether oxygens (including phenoxy) is 1. The third-order valence-electron chi connectivity index (χ3n) is 6.18. The van der Waals surface area contributed by atoms with Crippen molar-refractivity contribution in [1.82, 2.24) is 24.6 Å². The number of nitrogens with zero attached hydrogens (tertiary/aromatic N) is 4. The third-order valence-corrected chi connectivity index (χ3v) is 6.18. The van der Waals surface area contributed by atoms with Gasteiger partial charge in [0.1, 0.15) is 17.1 Å². The molecule has 0 unspecified atom stereocenters. The van der Waals surface area contributed by atoms with Crippen LogP contribution >= 0.6 is 0 Å². The van der Waals surface area contributed by atoms with Crippen LogP contribution in [0.25, 0.3) is 28.1 Å². The second kappa shape index (κ2) is 8.80. The lowest BCUT2D eigenvalue weighted by molar-refractivity contribution is 0.0792. The van der Waals surface area contributed by atoms with E-state index in [-0.39, 0.29) is 11.7 Å². The number of aromatic amines is 1. The van der Waals surface area contributed by atoms with Crippen LogP contribution in [0, 0.1) is 6.92 Å². The number of nitrogens with one attached hydrogen (secondary N) is 1. The van der Waals surface area contributed by atoms with Gasteiger partial charge in [0, 0.05) is 19.6 Å². The second-order valence-electron chi connectivity index (χ2n) is 8.49. The Bertz CT molecular complexity index is 1340. The fraction of sp³-hybridized carbons (Fsp3) is 0.320. The standard InChI is InChI=1S/C25H27N5O3/c1-16-22-23(30(28-16)18-6-4-3-5-7-18)25(32)27-24(26-22)20-9-8-17(14-21(20)33-2)15-29-12-10-19(31)11-13-29/h3-9,14,19,31H,10-13,15H2,1-2H3,(H,26,27,32). The first-order valence-electron chi connectivity index (χ1n) is 11.2. The molecule has 0 atom stereocenters. The number of H-pyrrole nitrogens is 1. The van der Waals surface area contributed by atoms with Gasteiger partial charge in [-0.05, 0) is 49.6 Å². The highest BCUT2D eigenvalue weighted by Crippen LogP contribution is 2.30. The first kappa shape index (κ1) is 21.4. The quantitative estimate of drug-likeness (QED) is 0.490. The van der Waals surface area contributed by atoms with Gasteiger partial charge in [-0.2, -0.15) is 5.10 Å². The molecular formula is C25H27N5O3. The molecule has 5 rings (SSSR count). The van der Waals surface area contributed by atoms with Crippen molar-refractivity contribution in [2.24, 2.45) is 0 Å². The van der Waals surface area contributed by atoms with Crippen LogP contribution in [0.3, 0.4) is 0 Å². The van der Waals surface area contributed by atoms with Crippen LogP contribution in [-0.2, 0) is 6.54 Å². The molecule has 8 nitrogen and oxygen atoms in total. The summed E-state index contributed by atoms with van der Waals surface area (Å²) in [5.74, 6) is 1.10. The lowest BCUT2D eigenvalue weighted by atomic mass is 10.1. The van der Waals surface area contributed by atoms with E-state index in [4.69, 9.17) is 9.72 Å². The zero-order valence-corrected chi connectivity index (χ0v) is 18.8. The van der Waals surface area contributed by atoms with Gasteiger partial charge >= 0.3 is 0 Å². The minimum absolute atomic E-state index is 0.189. The molecule has 8 heteroatoms. The first-order valence-corrected chi connectivity index (χ1v) is 11.2. The van der Waals surface area contributed by atoms with Crippen molar-refractivity contribution in [1.29, 1.82) is 0 Å². The summed E-state index contributed by atoms with van der Waals surface area (Å²) in [7, 11) is 1.62. The monoisotopic (exact) mass is 445 g/mol. The number of aryl methyl sites for hydroxylation is 1. The van der Waals surface area contributed by atoms with Gasteiger partial charge in [-0.25, -0.2) is 9.67 Å². The summed E-state index contributed by atoms with van der Waals surface area (Å²) in [6.07, 6.45) is 1.41. The van der Waals surface area contributed by atoms with E-state index in [9.17, 15) is 9.90 Å². The molecule has 2 aromatic carbocycles. The van der Waals surface area contributed by atoms with Crippen LogP contribution in [0.5, 0.6) is 5.75 Å². The molecular weight excluding hydrogens is 418 g/mol. The van der Waals surface area contributed by atoms with Crippen LogP contribution in [-0.4, -0.2) is 56.1 Å². The van der Waals surface area contributed by atoms with Crippen LogP contribution in [0.1, 0.15) is 24.1 Å². The predicted molar refractivity (Wildman–Crippen MR) is 127 cm³/mol. The number of para-hydroxylation sites is 1. The molecule has 0 radical (unpaired) electrons. The van der Waals surface area contributed by atoms with E-state index in [1.807, 2.05) is 55.5 Å². The van der Waals surface area contributed by atoms with E-state index in [0.717, 1.165) is 49.3 Å². The van der Waals surface area contributed by atoms with Crippen LogP contribution in [0.15, 0.2) is 53.3 Å². The number of piperidine rings is 1. The number of hydrogen-bond acceptors (Lipinski definition) is 6. The Morgan fingerprint density at radius 2 is 1.91 bits per heavy atom. The maximum atomic E-state index is 13.1. The molecule has 1 fully saturated rings. The molecule has 1 aliphatic rings. The van der Waals surface area contributed by atoms with E-state index < -0.39 is 0 Å². The first-order chi connectivity index (χ1) is 16.0. The van der Waals surface area contributed by atoms with Gasteiger partial charge in [0.05, 0.1) is 30.2 Å². The van der Waals surface area contributed by atoms with Gasteiger partial charge in [-0.3, -0.25) is 9.69 Å². The molecule has 3 heterocycles. The second-order valence-corrected chi connectivity index (χ2v) is 8.49. The van der Waals surface area contributed by atoms with Crippen molar-refractivity contribution in [2.75, 3.05) is 20.2 Å². The number of rotatable bonds is 5.